The molecule has 0 aliphatic carbocycles. The smallest absolute Gasteiger partial charge is 0.251 e. The Bertz CT molecular complexity index is 1070. The number of fused-ring (bicyclic) bond motifs is 2. The third-order valence-electron chi connectivity index (χ3n) is 4.83. The zero-order valence-electron chi connectivity index (χ0n) is 14.5. The highest BCUT2D eigenvalue weighted by atomic mass is 16.1. The molecule has 4 rings (SSSR count). The summed E-state index contributed by atoms with van der Waals surface area (Å²) in [5.74, 6) is -0.0248. The van der Waals surface area contributed by atoms with Crippen molar-refractivity contribution in [3.05, 3.63) is 71.5 Å². The largest absolute Gasteiger partial charge is 0.358 e. The highest BCUT2D eigenvalue weighted by Gasteiger charge is 2.10. The van der Waals surface area contributed by atoms with Gasteiger partial charge in [0.25, 0.3) is 5.91 Å². The molecule has 2 aromatic heterocycles. The summed E-state index contributed by atoms with van der Waals surface area (Å²) in [6.07, 6.45) is 2.82. The Morgan fingerprint density at radius 2 is 2.00 bits per heavy atom. The maximum atomic E-state index is 12.4. The van der Waals surface area contributed by atoms with Gasteiger partial charge in [-0.15, -0.1) is 0 Å². The fourth-order valence-electron chi connectivity index (χ4n) is 3.48. The molecule has 0 aliphatic rings. The van der Waals surface area contributed by atoms with E-state index in [4.69, 9.17) is 0 Å². The number of aromatic amines is 1. The van der Waals surface area contributed by atoms with Crippen LogP contribution in [-0.4, -0.2) is 22.0 Å². The van der Waals surface area contributed by atoms with Crippen molar-refractivity contribution < 1.29 is 4.79 Å². The van der Waals surface area contributed by atoms with Crippen LogP contribution in [0.2, 0.25) is 0 Å². The maximum absolute atomic E-state index is 12.4. The molecule has 0 fully saturated rings. The third kappa shape index (κ3) is 2.80. The number of rotatable bonds is 4. The van der Waals surface area contributed by atoms with E-state index in [2.05, 4.69) is 33.9 Å². The maximum Gasteiger partial charge on any atom is 0.251 e. The van der Waals surface area contributed by atoms with Crippen LogP contribution in [-0.2, 0) is 13.5 Å². The number of aromatic nitrogens is 2. The Morgan fingerprint density at radius 1 is 1.16 bits per heavy atom. The molecule has 126 valence electrons. The predicted octanol–water partition coefficient (Wildman–Crippen LogP) is 3.94. The number of aryl methyl sites for hydroxylation is 2. The lowest BCUT2D eigenvalue weighted by Gasteiger charge is -2.06. The Kier molecular flexibility index (Phi) is 3.80. The van der Waals surface area contributed by atoms with Crippen molar-refractivity contribution in [3.8, 4) is 0 Å². The van der Waals surface area contributed by atoms with E-state index >= 15 is 0 Å². The van der Waals surface area contributed by atoms with E-state index in [-0.39, 0.29) is 5.91 Å². The summed E-state index contributed by atoms with van der Waals surface area (Å²) in [5, 5.41) is 5.36. The number of hydrogen-bond donors (Lipinski definition) is 2. The van der Waals surface area contributed by atoms with Crippen LogP contribution in [0, 0.1) is 6.92 Å². The van der Waals surface area contributed by atoms with Gasteiger partial charge >= 0.3 is 0 Å². The number of para-hydroxylation sites is 1. The van der Waals surface area contributed by atoms with Gasteiger partial charge in [0.1, 0.15) is 0 Å². The molecule has 0 aliphatic heterocycles. The zero-order chi connectivity index (χ0) is 17.4. The lowest BCUT2D eigenvalue weighted by molar-refractivity contribution is 0.0954. The molecule has 2 aromatic carbocycles. The van der Waals surface area contributed by atoms with E-state index in [1.165, 1.54) is 16.6 Å². The number of H-pyrrole nitrogens is 1. The molecule has 4 nitrogen and oxygen atoms in total. The molecule has 25 heavy (non-hydrogen) atoms. The van der Waals surface area contributed by atoms with Crippen LogP contribution < -0.4 is 5.32 Å². The second kappa shape index (κ2) is 6.13. The number of amides is 1. The molecule has 4 aromatic rings. The topological polar surface area (TPSA) is 49.8 Å². The molecule has 1 amide bonds. The van der Waals surface area contributed by atoms with Crippen LogP contribution in [0.15, 0.2) is 54.7 Å². The Hall–Kier alpha value is -3.01. The molecule has 0 bridgehead atoms. The van der Waals surface area contributed by atoms with E-state index in [1.807, 2.05) is 49.6 Å². The third-order valence-corrected chi connectivity index (χ3v) is 4.83. The lowest BCUT2D eigenvalue weighted by atomic mass is 10.1. The van der Waals surface area contributed by atoms with Crippen LogP contribution in [0.25, 0.3) is 21.8 Å². The lowest BCUT2D eigenvalue weighted by Crippen LogP contribution is -2.25. The van der Waals surface area contributed by atoms with Gasteiger partial charge < -0.3 is 14.9 Å². The molecule has 0 saturated heterocycles. The minimum absolute atomic E-state index is 0.0248. The molecule has 0 unspecified atom stereocenters. The number of carbonyl (C=O) groups is 1. The highest BCUT2D eigenvalue weighted by molar-refractivity contribution is 5.98. The summed E-state index contributed by atoms with van der Waals surface area (Å²) < 4.78 is 2.05. The summed E-state index contributed by atoms with van der Waals surface area (Å²) in [4.78, 5) is 15.9. The Labute approximate surface area is 146 Å². The first-order valence-corrected chi connectivity index (χ1v) is 8.53. The summed E-state index contributed by atoms with van der Waals surface area (Å²) in [6.45, 7) is 2.70. The van der Waals surface area contributed by atoms with E-state index in [0.29, 0.717) is 12.1 Å². The Morgan fingerprint density at radius 3 is 2.88 bits per heavy atom. The molecule has 2 N–H and O–H groups in total. The van der Waals surface area contributed by atoms with Crippen molar-refractivity contribution in [2.24, 2.45) is 7.05 Å². The fourth-order valence-corrected chi connectivity index (χ4v) is 3.48. The molecule has 0 atom stereocenters. The van der Waals surface area contributed by atoms with Gasteiger partial charge in [0.15, 0.2) is 0 Å². The van der Waals surface area contributed by atoms with Gasteiger partial charge in [-0.1, -0.05) is 18.2 Å². The number of nitrogens with one attached hydrogen (secondary N) is 2. The van der Waals surface area contributed by atoms with Crippen molar-refractivity contribution >= 4 is 27.7 Å². The monoisotopic (exact) mass is 331 g/mol. The zero-order valence-corrected chi connectivity index (χ0v) is 14.5. The molecule has 2 heterocycles. The van der Waals surface area contributed by atoms with Gasteiger partial charge in [-0.2, -0.15) is 0 Å². The van der Waals surface area contributed by atoms with Crippen molar-refractivity contribution in [1.29, 1.82) is 0 Å². The number of benzene rings is 2. The first-order valence-electron chi connectivity index (χ1n) is 8.53. The van der Waals surface area contributed by atoms with Gasteiger partial charge in [-0.05, 0) is 49.2 Å². The molecule has 0 spiro atoms. The predicted molar refractivity (Wildman–Crippen MR) is 102 cm³/mol. The highest BCUT2D eigenvalue weighted by Crippen LogP contribution is 2.22. The number of hydrogen-bond acceptors (Lipinski definition) is 1. The summed E-state index contributed by atoms with van der Waals surface area (Å²) in [7, 11) is 2.01. The standard InChI is InChI=1S/C21H21N3O/c1-14-17(18-5-3-4-6-19(18)23-14)9-11-22-21(25)16-7-8-20-15(13-16)10-12-24(20)2/h3-8,10,12-13,23H,9,11H2,1-2H3,(H,22,25). The quantitative estimate of drug-likeness (QED) is 0.585. The van der Waals surface area contributed by atoms with Crippen molar-refractivity contribution in [3.63, 3.8) is 0 Å². The molecular formula is C21H21N3O. The Balaban J connectivity index is 1.46. The van der Waals surface area contributed by atoms with E-state index in [1.54, 1.807) is 0 Å². The van der Waals surface area contributed by atoms with Crippen LogP contribution >= 0.6 is 0 Å². The molecule has 4 heteroatoms. The molecule has 0 saturated carbocycles. The van der Waals surface area contributed by atoms with Gasteiger partial charge in [-0.25, -0.2) is 0 Å². The molecule has 0 radical (unpaired) electrons. The van der Waals surface area contributed by atoms with Gasteiger partial charge in [0.05, 0.1) is 0 Å². The minimum atomic E-state index is -0.0248. The van der Waals surface area contributed by atoms with Gasteiger partial charge in [0.2, 0.25) is 0 Å². The van der Waals surface area contributed by atoms with E-state index in [0.717, 1.165) is 22.8 Å². The SMILES string of the molecule is Cc1[nH]c2ccccc2c1CCNC(=O)c1ccc2c(ccn2C)c1. The van der Waals surface area contributed by atoms with Crippen LogP contribution in [0.3, 0.4) is 0 Å². The van der Waals surface area contributed by atoms with Crippen molar-refractivity contribution in [1.82, 2.24) is 14.9 Å². The normalized spacial score (nSPS) is 11.3. The van der Waals surface area contributed by atoms with Gasteiger partial charge in [-0.3, -0.25) is 4.79 Å². The molecular weight excluding hydrogens is 310 g/mol. The van der Waals surface area contributed by atoms with Crippen LogP contribution in [0.4, 0.5) is 0 Å². The second-order valence-corrected chi connectivity index (χ2v) is 6.48. The number of carbonyl (C=O) groups excluding carboxylic acids is 1. The summed E-state index contributed by atoms with van der Waals surface area (Å²) in [6, 6.07) is 16.1. The fraction of sp³-hybridized carbons (Fsp3) is 0.190. The van der Waals surface area contributed by atoms with Gasteiger partial charge in [0, 0.05) is 52.9 Å². The van der Waals surface area contributed by atoms with E-state index in [9.17, 15) is 4.79 Å². The van der Waals surface area contributed by atoms with Crippen LogP contribution in [0.5, 0.6) is 0 Å². The van der Waals surface area contributed by atoms with Crippen LogP contribution in [0.1, 0.15) is 21.6 Å². The number of nitrogens with zero attached hydrogens (tertiary/aromatic N) is 1. The average molecular weight is 331 g/mol. The average Bonchev–Trinajstić information content (AvgIpc) is 3.15. The van der Waals surface area contributed by atoms with E-state index < -0.39 is 0 Å². The first-order chi connectivity index (χ1) is 12.1. The second-order valence-electron chi connectivity index (χ2n) is 6.48. The van der Waals surface area contributed by atoms with Crippen molar-refractivity contribution in [2.45, 2.75) is 13.3 Å². The summed E-state index contributed by atoms with van der Waals surface area (Å²) >= 11 is 0. The minimum Gasteiger partial charge on any atom is -0.358 e. The van der Waals surface area contributed by atoms with Crippen molar-refractivity contribution in [2.75, 3.05) is 6.54 Å². The first kappa shape index (κ1) is 15.5. The summed E-state index contributed by atoms with van der Waals surface area (Å²) in [5.41, 5.74) is 5.42.